The number of aromatic nitrogens is 2. The molecule has 1 amide bonds. The maximum Gasteiger partial charge on any atom is 0.360 e. The molecule has 7 nitrogen and oxygen atoms in total. The molecule has 0 aliphatic rings. The minimum Gasteiger partial charge on any atom is -0.461 e. The minimum absolute atomic E-state index is 0.0845. The maximum atomic E-state index is 12.6. The second kappa shape index (κ2) is 8.89. The van der Waals surface area contributed by atoms with Crippen LogP contribution in [-0.2, 0) is 4.74 Å². The van der Waals surface area contributed by atoms with E-state index in [1.54, 1.807) is 37.3 Å². The number of benzene rings is 2. The summed E-state index contributed by atoms with van der Waals surface area (Å²) in [6.45, 7) is 1.73. The number of nitrogens with zero attached hydrogens (tertiary/aromatic N) is 2. The quantitative estimate of drug-likeness (QED) is 0.617. The van der Waals surface area contributed by atoms with Crippen LogP contribution >= 0.6 is 23.2 Å². The van der Waals surface area contributed by atoms with Gasteiger partial charge in [-0.1, -0.05) is 41.4 Å². The first kappa shape index (κ1) is 20.6. The van der Waals surface area contributed by atoms with E-state index in [1.165, 1.54) is 18.2 Å². The zero-order valence-corrected chi connectivity index (χ0v) is 16.7. The molecule has 29 heavy (non-hydrogen) atoms. The number of hydrogen-bond acceptors (Lipinski definition) is 5. The van der Waals surface area contributed by atoms with Crippen LogP contribution < -0.4 is 10.9 Å². The molecular formula is C20H15Cl2N3O4. The minimum atomic E-state index is -0.787. The van der Waals surface area contributed by atoms with Crippen molar-refractivity contribution >= 4 is 40.8 Å². The zero-order valence-electron chi connectivity index (χ0n) is 15.2. The number of carbonyl (C=O) groups excluding carboxylic acids is 2. The molecule has 148 valence electrons. The van der Waals surface area contributed by atoms with Crippen molar-refractivity contribution in [3.05, 3.63) is 86.3 Å². The van der Waals surface area contributed by atoms with Gasteiger partial charge in [0.2, 0.25) is 0 Å². The number of rotatable bonds is 5. The van der Waals surface area contributed by atoms with E-state index in [0.717, 1.165) is 10.7 Å². The number of nitrogens with one attached hydrogen (secondary N) is 1. The Bertz CT molecular complexity index is 1130. The third kappa shape index (κ3) is 4.64. The summed E-state index contributed by atoms with van der Waals surface area (Å²) in [6, 6.07) is 14.0. The molecule has 0 saturated carbocycles. The molecule has 0 aliphatic carbocycles. The van der Waals surface area contributed by atoms with E-state index in [9.17, 15) is 14.4 Å². The second-order valence-corrected chi connectivity index (χ2v) is 6.63. The van der Waals surface area contributed by atoms with Crippen LogP contribution in [0.5, 0.6) is 0 Å². The molecule has 0 spiro atoms. The van der Waals surface area contributed by atoms with Crippen molar-refractivity contribution in [2.45, 2.75) is 6.92 Å². The van der Waals surface area contributed by atoms with Crippen LogP contribution in [0.2, 0.25) is 10.0 Å². The Kier molecular flexibility index (Phi) is 6.31. The van der Waals surface area contributed by atoms with Crippen LogP contribution in [0.4, 0.5) is 5.69 Å². The lowest BCUT2D eigenvalue weighted by atomic mass is 10.2. The number of esters is 1. The molecule has 0 atom stereocenters. The summed E-state index contributed by atoms with van der Waals surface area (Å²) in [4.78, 5) is 37.6. The van der Waals surface area contributed by atoms with Crippen LogP contribution in [0.15, 0.2) is 59.4 Å². The highest BCUT2D eigenvalue weighted by Gasteiger charge is 2.21. The third-order valence-corrected chi connectivity index (χ3v) is 4.39. The molecule has 0 fully saturated rings. The molecule has 0 unspecified atom stereocenters. The first-order valence-electron chi connectivity index (χ1n) is 8.54. The predicted octanol–water partition coefficient (Wildman–Crippen LogP) is 3.97. The van der Waals surface area contributed by atoms with Crippen LogP contribution in [0.25, 0.3) is 5.69 Å². The summed E-state index contributed by atoms with van der Waals surface area (Å²) in [5, 5.41) is 7.07. The van der Waals surface area contributed by atoms with Crippen molar-refractivity contribution in [2.24, 2.45) is 0 Å². The van der Waals surface area contributed by atoms with E-state index in [0.29, 0.717) is 10.7 Å². The molecule has 0 radical (unpaired) electrons. The van der Waals surface area contributed by atoms with Gasteiger partial charge >= 0.3 is 5.97 Å². The highest BCUT2D eigenvalue weighted by molar-refractivity contribution is 6.36. The summed E-state index contributed by atoms with van der Waals surface area (Å²) in [7, 11) is 0. The fraction of sp³-hybridized carbons (Fsp3) is 0.100. The first-order chi connectivity index (χ1) is 13.9. The summed E-state index contributed by atoms with van der Waals surface area (Å²) in [6.07, 6.45) is 0. The van der Waals surface area contributed by atoms with Crippen molar-refractivity contribution < 1.29 is 14.3 Å². The highest BCUT2D eigenvalue weighted by atomic mass is 35.5. The molecule has 9 heteroatoms. The smallest absolute Gasteiger partial charge is 0.360 e. The van der Waals surface area contributed by atoms with Gasteiger partial charge in [0.25, 0.3) is 11.5 Å². The lowest BCUT2D eigenvalue weighted by molar-refractivity contribution is 0.0518. The highest BCUT2D eigenvalue weighted by Crippen LogP contribution is 2.22. The largest absolute Gasteiger partial charge is 0.461 e. The molecule has 1 aromatic heterocycles. The van der Waals surface area contributed by atoms with E-state index >= 15 is 0 Å². The molecule has 3 aromatic rings. The zero-order chi connectivity index (χ0) is 21.0. The molecule has 3 rings (SSSR count). The molecule has 0 bridgehead atoms. The maximum absolute atomic E-state index is 12.6. The predicted molar refractivity (Wildman–Crippen MR) is 110 cm³/mol. The van der Waals surface area contributed by atoms with Crippen molar-refractivity contribution in [1.29, 1.82) is 0 Å². The Balaban J connectivity index is 2.06. The van der Waals surface area contributed by atoms with Gasteiger partial charge in [0.1, 0.15) is 0 Å². The van der Waals surface area contributed by atoms with Crippen LogP contribution in [0.1, 0.15) is 27.8 Å². The number of halogens is 2. The summed E-state index contributed by atoms with van der Waals surface area (Å²) in [5.74, 6) is -1.44. The molecule has 1 N–H and O–H groups in total. The van der Waals surface area contributed by atoms with Gasteiger partial charge in [-0.2, -0.15) is 9.78 Å². The number of carbonyl (C=O) groups is 2. The first-order valence-corrected chi connectivity index (χ1v) is 9.29. The van der Waals surface area contributed by atoms with Crippen molar-refractivity contribution in [3.8, 4) is 5.69 Å². The van der Waals surface area contributed by atoms with Crippen LogP contribution in [0.3, 0.4) is 0 Å². The third-order valence-electron chi connectivity index (χ3n) is 3.82. The van der Waals surface area contributed by atoms with Crippen molar-refractivity contribution in [3.63, 3.8) is 0 Å². The van der Waals surface area contributed by atoms with E-state index in [2.05, 4.69) is 10.4 Å². The molecule has 1 heterocycles. The summed E-state index contributed by atoms with van der Waals surface area (Å²) in [5.41, 5.74) is -0.319. The number of amides is 1. The summed E-state index contributed by atoms with van der Waals surface area (Å²) >= 11 is 12.0. The van der Waals surface area contributed by atoms with Gasteiger partial charge in [0, 0.05) is 11.1 Å². The Labute approximate surface area is 175 Å². The van der Waals surface area contributed by atoms with Crippen molar-refractivity contribution in [1.82, 2.24) is 9.78 Å². The van der Waals surface area contributed by atoms with Gasteiger partial charge in [-0.05, 0) is 37.3 Å². The molecule has 0 saturated heterocycles. The number of ether oxygens (including phenoxy) is 1. The standard InChI is InChI=1S/C20H15Cl2N3O4/c1-2-29-20(28)18-16(23-19(27)14-10-12(21)8-9-15(14)22)11-17(26)25(24-18)13-6-4-3-5-7-13/h3-11H,2H2,1H3,(H,23,27). The Morgan fingerprint density at radius 2 is 1.83 bits per heavy atom. The number of anilines is 1. The van der Waals surface area contributed by atoms with Gasteiger partial charge in [0.05, 0.1) is 28.6 Å². The molecular weight excluding hydrogens is 417 g/mol. The molecule has 0 aliphatic heterocycles. The fourth-order valence-corrected chi connectivity index (χ4v) is 2.89. The van der Waals surface area contributed by atoms with E-state index in [4.69, 9.17) is 27.9 Å². The Morgan fingerprint density at radius 3 is 2.52 bits per heavy atom. The van der Waals surface area contributed by atoms with E-state index in [1.807, 2.05) is 0 Å². The topological polar surface area (TPSA) is 90.3 Å². The van der Waals surface area contributed by atoms with Gasteiger partial charge in [-0.3, -0.25) is 9.59 Å². The van der Waals surface area contributed by atoms with Crippen LogP contribution in [0, 0.1) is 0 Å². The average Bonchev–Trinajstić information content (AvgIpc) is 2.70. The van der Waals surface area contributed by atoms with Gasteiger partial charge in [-0.15, -0.1) is 0 Å². The monoisotopic (exact) mass is 431 g/mol. The Morgan fingerprint density at radius 1 is 1.10 bits per heavy atom. The molecule has 2 aromatic carbocycles. The van der Waals surface area contributed by atoms with E-state index in [-0.39, 0.29) is 28.6 Å². The average molecular weight is 432 g/mol. The summed E-state index contributed by atoms with van der Waals surface area (Å²) < 4.78 is 6.06. The lowest BCUT2D eigenvalue weighted by Gasteiger charge is -2.13. The SMILES string of the molecule is CCOC(=O)c1nn(-c2ccccc2)c(=O)cc1NC(=O)c1cc(Cl)ccc1Cl. The van der Waals surface area contributed by atoms with Crippen LogP contribution in [-0.4, -0.2) is 28.3 Å². The van der Waals surface area contributed by atoms with E-state index < -0.39 is 17.4 Å². The van der Waals surface area contributed by atoms with Gasteiger partial charge in [0.15, 0.2) is 5.69 Å². The fourth-order valence-electron chi connectivity index (χ4n) is 2.52. The van der Waals surface area contributed by atoms with Crippen molar-refractivity contribution in [2.75, 3.05) is 11.9 Å². The lowest BCUT2D eigenvalue weighted by Crippen LogP contribution is -2.27. The number of para-hydroxylation sites is 1. The van der Waals surface area contributed by atoms with Gasteiger partial charge in [-0.25, -0.2) is 4.79 Å². The second-order valence-electron chi connectivity index (χ2n) is 5.79. The van der Waals surface area contributed by atoms with Gasteiger partial charge < -0.3 is 10.1 Å². The number of hydrogen-bond donors (Lipinski definition) is 1. The normalized spacial score (nSPS) is 10.4. The Hall–Kier alpha value is -3.16.